The van der Waals surface area contributed by atoms with Crippen molar-refractivity contribution in [3.8, 4) is 0 Å². The van der Waals surface area contributed by atoms with Gasteiger partial charge in [0.2, 0.25) is 0 Å². The van der Waals surface area contributed by atoms with E-state index in [0.29, 0.717) is 30.1 Å². The molecule has 0 aliphatic heterocycles. The predicted molar refractivity (Wildman–Crippen MR) is 80.6 cm³/mol. The Morgan fingerprint density at radius 3 is 2.90 bits per heavy atom. The molecule has 2 N–H and O–H groups in total. The molecule has 0 radical (unpaired) electrons. The van der Waals surface area contributed by atoms with E-state index < -0.39 is 11.4 Å². The fourth-order valence-corrected chi connectivity index (χ4v) is 3.20. The Labute approximate surface area is 129 Å². The lowest BCUT2D eigenvalue weighted by molar-refractivity contribution is -0.148. The van der Waals surface area contributed by atoms with Crippen molar-refractivity contribution in [3.05, 3.63) is 23.0 Å². The summed E-state index contributed by atoms with van der Waals surface area (Å²) in [4.78, 5) is 23.9. The monoisotopic (exact) mass is 312 g/mol. The normalized spacial score (nSPS) is 25.0. The van der Waals surface area contributed by atoms with Crippen molar-refractivity contribution in [3.63, 3.8) is 0 Å². The van der Waals surface area contributed by atoms with E-state index in [1.165, 1.54) is 0 Å². The number of nitrogens with one attached hydrogen (secondary N) is 1. The number of aliphatic carboxylic acids is 1. The molecule has 1 aliphatic rings. The summed E-state index contributed by atoms with van der Waals surface area (Å²) in [5.74, 6) is -1.11. The predicted octanol–water partition coefficient (Wildman–Crippen LogP) is 2.92. The lowest BCUT2D eigenvalue weighted by Crippen LogP contribution is -2.47. The minimum Gasteiger partial charge on any atom is -0.481 e. The van der Waals surface area contributed by atoms with Gasteiger partial charge in [-0.05, 0) is 32.3 Å². The number of carbonyl (C=O) groups excluding carboxylic acids is 1. The van der Waals surface area contributed by atoms with E-state index in [4.69, 9.17) is 11.6 Å². The third-order valence-electron chi connectivity index (χ3n) is 4.31. The van der Waals surface area contributed by atoms with Crippen LogP contribution >= 0.6 is 11.6 Å². The lowest BCUT2D eigenvalue weighted by Gasteiger charge is -2.27. The van der Waals surface area contributed by atoms with Crippen molar-refractivity contribution in [2.24, 2.45) is 5.41 Å². The van der Waals surface area contributed by atoms with Gasteiger partial charge in [-0.15, -0.1) is 0 Å². The molecule has 6 heteroatoms. The molecule has 1 aromatic heterocycles. The summed E-state index contributed by atoms with van der Waals surface area (Å²) < 4.78 is 1.81. The minimum atomic E-state index is -0.887. The van der Waals surface area contributed by atoms with Crippen molar-refractivity contribution in [1.29, 1.82) is 0 Å². The standard InChI is InChI=1S/C15H21ClN2O3/c1-3-7-18-9-10(16)8-11(18)13(19)17-12-5-4-6-15(12,2)14(20)21/h8-9,12H,3-7H2,1-2H3,(H,17,19)(H,20,21). The Bertz CT molecular complexity index is 555. The number of halogens is 1. The van der Waals surface area contributed by atoms with Crippen LogP contribution in [-0.2, 0) is 11.3 Å². The van der Waals surface area contributed by atoms with Crippen molar-refractivity contribution in [1.82, 2.24) is 9.88 Å². The number of nitrogens with zero attached hydrogens (tertiary/aromatic N) is 1. The number of amides is 1. The summed E-state index contributed by atoms with van der Waals surface area (Å²) in [6, 6.07) is 1.28. The highest BCUT2D eigenvalue weighted by molar-refractivity contribution is 6.31. The second-order valence-electron chi connectivity index (χ2n) is 5.88. The van der Waals surface area contributed by atoms with Gasteiger partial charge in [0.1, 0.15) is 5.69 Å². The van der Waals surface area contributed by atoms with Gasteiger partial charge in [0.05, 0.1) is 10.4 Å². The van der Waals surface area contributed by atoms with Gasteiger partial charge in [0, 0.05) is 18.8 Å². The molecule has 0 bridgehead atoms. The minimum absolute atomic E-state index is 0.255. The van der Waals surface area contributed by atoms with Gasteiger partial charge in [0.25, 0.3) is 5.91 Å². The van der Waals surface area contributed by atoms with E-state index in [-0.39, 0.29) is 11.9 Å². The van der Waals surface area contributed by atoms with Crippen molar-refractivity contribution in [2.75, 3.05) is 0 Å². The molecular formula is C15H21ClN2O3. The maximum Gasteiger partial charge on any atom is 0.311 e. The summed E-state index contributed by atoms with van der Waals surface area (Å²) in [5.41, 5.74) is -0.400. The van der Waals surface area contributed by atoms with Crippen LogP contribution in [0.15, 0.2) is 12.3 Å². The SMILES string of the molecule is CCCn1cc(Cl)cc1C(=O)NC1CCCC1(C)C(=O)O. The van der Waals surface area contributed by atoms with Crippen LogP contribution in [0.2, 0.25) is 5.02 Å². The number of carboxylic acid groups (broad SMARTS) is 1. The van der Waals surface area contributed by atoms with Crippen LogP contribution in [0.3, 0.4) is 0 Å². The highest BCUT2D eigenvalue weighted by Crippen LogP contribution is 2.38. The first kappa shape index (κ1) is 15.9. The van der Waals surface area contributed by atoms with E-state index in [9.17, 15) is 14.7 Å². The van der Waals surface area contributed by atoms with Gasteiger partial charge in [-0.2, -0.15) is 0 Å². The molecule has 1 saturated carbocycles. The average molecular weight is 313 g/mol. The topological polar surface area (TPSA) is 71.3 Å². The Hall–Kier alpha value is -1.49. The van der Waals surface area contributed by atoms with E-state index in [1.54, 1.807) is 19.2 Å². The van der Waals surface area contributed by atoms with Gasteiger partial charge in [-0.25, -0.2) is 0 Å². The molecule has 2 unspecified atom stereocenters. The van der Waals surface area contributed by atoms with E-state index in [1.807, 2.05) is 11.5 Å². The van der Waals surface area contributed by atoms with Gasteiger partial charge in [-0.1, -0.05) is 24.9 Å². The molecule has 5 nitrogen and oxygen atoms in total. The first-order chi connectivity index (χ1) is 9.88. The Kier molecular flexibility index (Phi) is 4.61. The largest absolute Gasteiger partial charge is 0.481 e. The van der Waals surface area contributed by atoms with Crippen LogP contribution in [0, 0.1) is 5.41 Å². The zero-order valence-electron chi connectivity index (χ0n) is 12.4. The molecule has 1 aliphatic carbocycles. The van der Waals surface area contributed by atoms with E-state index in [0.717, 1.165) is 12.8 Å². The zero-order valence-corrected chi connectivity index (χ0v) is 13.1. The highest BCUT2D eigenvalue weighted by Gasteiger charge is 2.46. The molecular weight excluding hydrogens is 292 g/mol. The smallest absolute Gasteiger partial charge is 0.311 e. The van der Waals surface area contributed by atoms with Gasteiger partial charge < -0.3 is 15.0 Å². The highest BCUT2D eigenvalue weighted by atomic mass is 35.5. The van der Waals surface area contributed by atoms with E-state index in [2.05, 4.69) is 5.32 Å². The number of hydrogen-bond donors (Lipinski definition) is 2. The summed E-state index contributed by atoms with van der Waals surface area (Å²) in [6.45, 7) is 4.43. The molecule has 116 valence electrons. The Morgan fingerprint density at radius 1 is 1.57 bits per heavy atom. The average Bonchev–Trinajstić information content (AvgIpc) is 2.95. The zero-order chi connectivity index (χ0) is 15.6. The molecule has 2 rings (SSSR count). The van der Waals surface area contributed by atoms with Crippen LogP contribution in [0.4, 0.5) is 0 Å². The summed E-state index contributed by atoms with van der Waals surface area (Å²) in [6.07, 6.45) is 4.71. The first-order valence-electron chi connectivity index (χ1n) is 7.28. The molecule has 0 spiro atoms. The third kappa shape index (κ3) is 3.07. The second-order valence-corrected chi connectivity index (χ2v) is 6.31. The number of carboxylic acids is 1. The van der Waals surface area contributed by atoms with Crippen LogP contribution in [-0.4, -0.2) is 27.6 Å². The maximum atomic E-state index is 12.4. The van der Waals surface area contributed by atoms with Crippen molar-refractivity contribution in [2.45, 2.75) is 52.1 Å². The summed E-state index contributed by atoms with van der Waals surface area (Å²) in [5, 5.41) is 12.8. The number of hydrogen-bond acceptors (Lipinski definition) is 2. The molecule has 1 fully saturated rings. The van der Waals surface area contributed by atoms with Crippen molar-refractivity contribution >= 4 is 23.5 Å². The fraction of sp³-hybridized carbons (Fsp3) is 0.600. The fourth-order valence-electron chi connectivity index (χ4n) is 2.98. The van der Waals surface area contributed by atoms with Crippen LogP contribution in [0.1, 0.15) is 50.0 Å². The molecule has 0 saturated heterocycles. The second kappa shape index (κ2) is 6.10. The quantitative estimate of drug-likeness (QED) is 0.878. The molecule has 1 aromatic rings. The van der Waals surface area contributed by atoms with Gasteiger partial charge in [-0.3, -0.25) is 9.59 Å². The number of carbonyl (C=O) groups is 2. The Morgan fingerprint density at radius 2 is 2.29 bits per heavy atom. The van der Waals surface area contributed by atoms with Crippen LogP contribution < -0.4 is 5.32 Å². The maximum absolute atomic E-state index is 12.4. The summed E-state index contributed by atoms with van der Waals surface area (Å²) >= 11 is 5.97. The first-order valence-corrected chi connectivity index (χ1v) is 7.66. The molecule has 0 aromatic carbocycles. The van der Waals surface area contributed by atoms with Gasteiger partial charge in [0.15, 0.2) is 0 Å². The number of aromatic nitrogens is 1. The summed E-state index contributed by atoms with van der Waals surface area (Å²) in [7, 11) is 0. The Balaban J connectivity index is 2.16. The molecule has 21 heavy (non-hydrogen) atoms. The lowest BCUT2D eigenvalue weighted by atomic mass is 9.85. The molecule has 1 amide bonds. The van der Waals surface area contributed by atoms with Crippen LogP contribution in [0.25, 0.3) is 0 Å². The number of rotatable bonds is 5. The van der Waals surface area contributed by atoms with Crippen LogP contribution in [0.5, 0.6) is 0 Å². The third-order valence-corrected chi connectivity index (χ3v) is 4.52. The molecule has 1 heterocycles. The van der Waals surface area contributed by atoms with E-state index >= 15 is 0 Å². The van der Waals surface area contributed by atoms with Gasteiger partial charge >= 0.3 is 5.97 Å². The number of aryl methyl sites for hydroxylation is 1. The van der Waals surface area contributed by atoms with Crippen molar-refractivity contribution < 1.29 is 14.7 Å². The molecule has 2 atom stereocenters.